The van der Waals surface area contributed by atoms with Crippen molar-refractivity contribution < 1.29 is 4.74 Å². The molecule has 1 aromatic heterocycles. The predicted molar refractivity (Wildman–Crippen MR) is 103 cm³/mol. The first kappa shape index (κ1) is 17.5. The summed E-state index contributed by atoms with van der Waals surface area (Å²) in [6.45, 7) is 6.51. The Kier molecular flexibility index (Phi) is 6.45. The van der Waals surface area contributed by atoms with Crippen LogP contribution in [0.1, 0.15) is 26.2 Å². The van der Waals surface area contributed by atoms with E-state index in [0.717, 1.165) is 56.6 Å². The third kappa shape index (κ3) is 5.06. The number of morpholine rings is 1. The lowest BCUT2D eigenvalue weighted by Crippen LogP contribution is -2.36. The molecule has 1 fully saturated rings. The molecule has 6 nitrogen and oxygen atoms in total. The predicted octanol–water partition coefficient (Wildman–Crippen LogP) is 3.66. The molecule has 0 saturated carbocycles. The van der Waals surface area contributed by atoms with E-state index in [4.69, 9.17) is 4.74 Å². The second-order valence-corrected chi connectivity index (χ2v) is 6.16. The Morgan fingerprint density at radius 3 is 2.72 bits per heavy atom. The Labute approximate surface area is 149 Å². The summed E-state index contributed by atoms with van der Waals surface area (Å²) < 4.78 is 5.46. The fourth-order valence-corrected chi connectivity index (χ4v) is 2.91. The van der Waals surface area contributed by atoms with Gasteiger partial charge in [0.2, 0.25) is 0 Å². The van der Waals surface area contributed by atoms with Crippen molar-refractivity contribution in [3.8, 4) is 0 Å². The van der Waals surface area contributed by atoms with Crippen LogP contribution in [0.5, 0.6) is 0 Å². The highest BCUT2D eigenvalue weighted by Crippen LogP contribution is 2.29. The Morgan fingerprint density at radius 1 is 1.08 bits per heavy atom. The number of benzene rings is 1. The van der Waals surface area contributed by atoms with Crippen LogP contribution in [0, 0.1) is 0 Å². The minimum absolute atomic E-state index is 0.771. The fourth-order valence-electron chi connectivity index (χ4n) is 2.91. The summed E-state index contributed by atoms with van der Waals surface area (Å²) in [4.78, 5) is 11.0. The van der Waals surface area contributed by atoms with Gasteiger partial charge in [-0.05, 0) is 18.6 Å². The molecule has 1 aliphatic heterocycles. The van der Waals surface area contributed by atoms with E-state index in [1.54, 1.807) is 6.33 Å². The molecule has 3 rings (SSSR count). The number of nitrogens with zero attached hydrogens (tertiary/aromatic N) is 3. The first-order valence-corrected chi connectivity index (χ1v) is 9.11. The lowest BCUT2D eigenvalue weighted by atomic mass is 10.2. The topological polar surface area (TPSA) is 62.3 Å². The molecule has 0 amide bonds. The van der Waals surface area contributed by atoms with Crippen molar-refractivity contribution in [3.05, 3.63) is 36.7 Å². The number of aromatic nitrogens is 2. The maximum absolute atomic E-state index is 5.46. The van der Waals surface area contributed by atoms with Crippen LogP contribution in [0.3, 0.4) is 0 Å². The van der Waals surface area contributed by atoms with Gasteiger partial charge in [0.15, 0.2) is 0 Å². The van der Waals surface area contributed by atoms with Gasteiger partial charge in [-0.3, -0.25) is 0 Å². The van der Waals surface area contributed by atoms with Gasteiger partial charge < -0.3 is 20.3 Å². The zero-order chi connectivity index (χ0) is 17.3. The number of hydrogen-bond donors (Lipinski definition) is 2. The lowest BCUT2D eigenvalue weighted by molar-refractivity contribution is 0.123. The highest BCUT2D eigenvalue weighted by atomic mass is 16.5. The molecule has 25 heavy (non-hydrogen) atoms. The van der Waals surface area contributed by atoms with Crippen molar-refractivity contribution in [3.63, 3.8) is 0 Å². The summed E-state index contributed by atoms with van der Waals surface area (Å²) >= 11 is 0. The molecule has 0 spiro atoms. The number of rotatable bonds is 8. The summed E-state index contributed by atoms with van der Waals surface area (Å²) in [5.74, 6) is 1.66. The molecule has 0 bridgehead atoms. The van der Waals surface area contributed by atoms with Crippen LogP contribution in [-0.4, -0.2) is 42.8 Å². The normalized spacial score (nSPS) is 14.4. The largest absolute Gasteiger partial charge is 0.378 e. The Morgan fingerprint density at radius 2 is 1.88 bits per heavy atom. The lowest BCUT2D eigenvalue weighted by Gasteiger charge is -2.30. The van der Waals surface area contributed by atoms with Crippen molar-refractivity contribution in [1.29, 1.82) is 0 Å². The number of anilines is 4. The van der Waals surface area contributed by atoms with Crippen LogP contribution in [-0.2, 0) is 4.74 Å². The highest BCUT2D eigenvalue weighted by Gasteiger charge is 2.14. The third-order valence-electron chi connectivity index (χ3n) is 4.27. The zero-order valence-corrected chi connectivity index (χ0v) is 14.9. The summed E-state index contributed by atoms with van der Waals surface area (Å²) in [5.41, 5.74) is 2.24. The van der Waals surface area contributed by atoms with E-state index in [1.165, 1.54) is 18.5 Å². The quantitative estimate of drug-likeness (QED) is 0.715. The van der Waals surface area contributed by atoms with E-state index in [-0.39, 0.29) is 0 Å². The second-order valence-electron chi connectivity index (χ2n) is 6.16. The summed E-state index contributed by atoms with van der Waals surface area (Å²) in [6, 6.07) is 10.3. The van der Waals surface area contributed by atoms with Gasteiger partial charge in [-0.15, -0.1) is 0 Å². The molecular formula is C19H27N5O. The Hall–Kier alpha value is -2.34. The molecule has 134 valence electrons. The van der Waals surface area contributed by atoms with Gasteiger partial charge in [0, 0.05) is 25.7 Å². The standard InChI is InChI=1S/C19H27N5O/c1-2-3-6-9-20-18-14-19(22-15-21-18)23-16-7-4-5-8-17(16)24-10-12-25-13-11-24/h4-5,7-8,14-15H,2-3,6,9-13H2,1H3,(H2,20,21,22,23). The van der Waals surface area contributed by atoms with Gasteiger partial charge in [0.1, 0.15) is 18.0 Å². The van der Waals surface area contributed by atoms with Crippen LogP contribution in [0.25, 0.3) is 0 Å². The van der Waals surface area contributed by atoms with Gasteiger partial charge in [-0.25, -0.2) is 9.97 Å². The molecule has 0 unspecified atom stereocenters. The molecule has 2 aromatic rings. The Balaban J connectivity index is 1.68. The molecule has 1 saturated heterocycles. The first-order chi connectivity index (χ1) is 12.4. The average Bonchev–Trinajstić information content (AvgIpc) is 2.67. The molecule has 0 atom stereocenters. The molecule has 6 heteroatoms. The van der Waals surface area contributed by atoms with Crippen molar-refractivity contribution in [2.75, 3.05) is 48.4 Å². The Bertz CT molecular complexity index is 658. The van der Waals surface area contributed by atoms with Gasteiger partial charge >= 0.3 is 0 Å². The molecule has 0 aliphatic carbocycles. The van der Waals surface area contributed by atoms with Crippen LogP contribution >= 0.6 is 0 Å². The molecule has 1 aliphatic rings. The van der Waals surface area contributed by atoms with Crippen LogP contribution in [0.15, 0.2) is 36.7 Å². The number of unbranched alkanes of at least 4 members (excludes halogenated alkanes) is 2. The van der Waals surface area contributed by atoms with E-state index in [0.29, 0.717) is 0 Å². The highest BCUT2D eigenvalue weighted by molar-refractivity contribution is 5.74. The van der Waals surface area contributed by atoms with Gasteiger partial charge in [0.05, 0.1) is 24.6 Å². The van der Waals surface area contributed by atoms with Crippen molar-refractivity contribution in [2.24, 2.45) is 0 Å². The monoisotopic (exact) mass is 341 g/mol. The molecule has 1 aromatic carbocycles. The summed E-state index contributed by atoms with van der Waals surface area (Å²) in [6.07, 6.45) is 5.21. The van der Waals surface area contributed by atoms with Crippen molar-refractivity contribution in [1.82, 2.24) is 9.97 Å². The number of hydrogen-bond acceptors (Lipinski definition) is 6. The van der Waals surface area contributed by atoms with Crippen molar-refractivity contribution in [2.45, 2.75) is 26.2 Å². The molecule has 2 heterocycles. The van der Waals surface area contributed by atoms with Crippen LogP contribution in [0.4, 0.5) is 23.0 Å². The summed E-state index contributed by atoms with van der Waals surface area (Å²) in [7, 11) is 0. The zero-order valence-electron chi connectivity index (χ0n) is 14.9. The molecular weight excluding hydrogens is 314 g/mol. The fraction of sp³-hybridized carbons (Fsp3) is 0.474. The van der Waals surface area contributed by atoms with E-state index < -0.39 is 0 Å². The van der Waals surface area contributed by atoms with Crippen LogP contribution < -0.4 is 15.5 Å². The smallest absolute Gasteiger partial charge is 0.135 e. The molecule has 2 N–H and O–H groups in total. The van der Waals surface area contributed by atoms with E-state index in [1.807, 2.05) is 12.1 Å². The maximum Gasteiger partial charge on any atom is 0.135 e. The second kappa shape index (κ2) is 9.22. The minimum atomic E-state index is 0.771. The number of nitrogens with one attached hydrogen (secondary N) is 2. The number of para-hydroxylation sites is 2. The third-order valence-corrected chi connectivity index (χ3v) is 4.27. The van der Waals surface area contributed by atoms with E-state index in [2.05, 4.69) is 50.6 Å². The van der Waals surface area contributed by atoms with E-state index in [9.17, 15) is 0 Å². The van der Waals surface area contributed by atoms with Gasteiger partial charge in [-0.2, -0.15) is 0 Å². The minimum Gasteiger partial charge on any atom is -0.378 e. The van der Waals surface area contributed by atoms with Gasteiger partial charge in [0.25, 0.3) is 0 Å². The maximum atomic E-state index is 5.46. The first-order valence-electron chi connectivity index (χ1n) is 9.11. The van der Waals surface area contributed by atoms with Crippen molar-refractivity contribution >= 4 is 23.0 Å². The van der Waals surface area contributed by atoms with Gasteiger partial charge in [-0.1, -0.05) is 31.9 Å². The number of ether oxygens (including phenoxy) is 1. The molecule has 0 radical (unpaired) electrons. The average molecular weight is 341 g/mol. The SMILES string of the molecule is CCCCCNc1cc(Nc2ccccc2N2CCOCC2)ncn1. The van der Waals surface area contributed by atoms with Crippen LogP contribution in [0.2, 0.25) is 0 Å². The summed E-state index contributed by atoms with van der Waals surface area (Å²) in [5, 5.41) is 6.80. The van der Waals surface area contributed by atoms with E-state index >= 15 is 0 Å².